The van der Waals surface area contributed by atoms with Gasteiger partial charge in [0.15, 0.2) is 0 Å². The third-order valence-electron chi connectivity index (χ3n) is 4.58. The highest BCUT2D eigenvalue weighted by molar-refractivity contribution is 7.10. The number of carbonyl (C=O) groups excluding carboxylic acids is 1. The first-order valence-corrected chi connectivity index (χ1v) is 11.5. The van der Waals surface area contributed by atoms with Crippen molar-refractivity contribution in [3.63, 3.8) is 0 Å². The van der Waals surface area contributed by atoms with Gasteiger partial charge in [0.1, 0.15) is 6.04 Å². The molecule has 8 heteroatoms. The van der Waals surface area contributed by atoms with Gasteiger partial charge in [-0.3, -0.25) is 9.69 Å². The summed E-state index contributed by atoms with van der Waals surface area (Å²) in [5.41, 5.74) is -0.719. The fraction of sp³-hybridized carbons (Fsp3) is 0.524. The Balaban J connectivity index is 2.34. The second-order valence-corrected chi connectivity index (χ2v) is 9.98. The minimum Gasteiger partial charge on any atom is -0.465 e. The van der Waals surface area contributed by atoms with Crippen molar-refractivity contribution in [2.45, 2.75) is 64.7 Å². The lowest BCUT2D eigenvalue weighted by molar-refractivity contribution is -0.139. The van der Waals surface area contributed by atoms with Crippen LogP contribution in [0.1, 0.15) is 49.8 Å². The maximum Gasteiger partial charge on any atom is 0.408 e. The topological polar surface area (TPSA) is 81.1 Å². The molecule has 0 aliphatic carbocycles. The number of amides is 2. The van der Waals surface area contributed by atoms with Gasteiger partial charge in [0.2, 0.25) is 5.91 Å². The van der Waals surface area contributed by atoms with Gasteiger partial charge in [0, 0.05) is 21.9 Å². The summed E-state index contributed by atoms with van der Waals surface area (Å²) >= 11 is 3.16. The van der Waals surface area contributed by atoms with Crippen LogP contribution in [0, 0.1) is 0 Å². The maximum absolute atomic E-state index is 13.7. The molecule has 0 fully saturated rings. The van der Waals surface area contributed by atoms with Crippen molar-refractivity contribution in [1.29, 1.82) is 0 Å². The zero-order valence-corrected chi connectivity index (χ0v) is 18.8. The molecule has 6 nitrogen and oxygen atoms in total. The monoisotopic (exact) mass is 438 g/mol. The Labute approximate surface area is 180 Å². The van der Waals surface area contributed by atoms with Crippen molar-refractivity contribution in [2.75, 3.05) is 6.61 Å². The average molecular weight is 439 g/mol. The van der Waals surface area contributed by atoms with Gasteiger partial charge in [-0.1, -0.05) is 12.1 Å². The van der Waals surface area contributed by atoms with Crippen LogP contribution < -0.4 is 0 Å². The first-order valence-electron chi connectivity index (χ1n) is 9.70. The smallest absolute Gasteiger partial charge is 0.408 e. The number of thiophene rings is 2. The highest BCUT2D eigenvalue weighted by Crippen LogP contribution is 2.25. The molecular formula is C21H30N2O4S2. The molecule has 0 unspecified atom stereocenters. The number of rotatable bonds is 10. The van der Waals surface area contributed by atoms with Crippen LogP contribution in [-0.4, -0.2) is 50.2 Å². The minimum absolute atomic E-state index is 0.0254. The number of carbonyl (C=O) groups is 2. The molecule has 0 aliphatic heterocycles. The van der Waals surface area contributed by atoms with Gasteiger partial charge in [-0.15, -0.1) is 22.7 Å². The molecule has 2 amide bonds. The fourth-order valence-electron chi connectivity index (χ4n) is 3.30. The van der Waals surface area contributed by atoms with Crippen LogP contribution in [0.25, 0.3) is 0 Å². The zero-order valence-electron chi connectivity index (χ0n) is 17.2. The quantitative estimate of drug-likeness (QED) is 0.529. The van der Waals surface area contributed by atoms with Gasteiger partial charge in [-0.25, -0.2) is 4.79 Å². The number of carboxylic acid groups (broad SMARTS) is 1. The molecule has 0 saturated carbocycles. The van der Waals surface area contributed by atoms with E-state index in [0.29, 0.717) is 32.4 Å². The number of nitrogens with zero attached hydrogens (tertiary/aromatic N) is 2. The van der Waals surface area contributed by atoms with E-state index in [1.165, 1.54) is 4.90 Å². The molecule has 2 aromatic heterocycles. The van der Waals surface area contributed by atoms with Crippen LogP contribution in [0.4, 0.5) is 4.79 Å². The largest absolute Gasteiger partial charge is 0.465 e. The second-order valence-electron chi connectivity index (χ2n) is 7.91. The summed E-state index contributed by atoms with van der Waals surface area (Å²) < 4.78 is 0. The summed E-state index contributed by atoms with van der Waals surface area (Å²) in [6, 6.07) is 7.08. The van der Waals surface area contributed by atoms with Gasteiger partial charge in [0.25, 0.3) is 0 Å². The zero-order chi connectivity index (χ0) is 21.4. The molecule has 2 aromatic rings. The fourth-order valence-corrected chi connectivity index (χ4v) is 4.74. The van der Waals surface area contributed by atoms with Gasteiger partial charge in [0.05, 0.1) is 13.1 Å². The van der Waals surface area contributed by atoms with Crippen molar-refractivity contribution < 1.29 is 19.8 Å². The predicted octanol–water partition coefficient (Wildman–Crippen LogP) is 4.65. The molecule has 2 heterocycles. The second kappa shape index (κ2) is 10.8. The van der Waals surface area contributed by atoms with Crippen molar-refractivity contribution in [1.82, 2.24) is 9.80 Å². The summed E-state index contributed by atoms with van der Waals surface area (Å²) in [6.45, 7) is 6.32. The third kappa shape index (κ3) is 6.83. The predicted molar refractivity (Wildman–Crippen MR) is 117 cm³/mol. The summed E-state index contributed by atoms with van der Waals surface area (Å²) in [7, 11) is 0. The Morgan fingerprint density at radius 2 is 1.59 bits per heavy atom. The Bertz CT molecular complexity index is 718. The van der Waals surface area contributed by atoms with E-state index < -0.39 is 17.7 Å². The molecule has 0 spiro atoms. The van der Waals surface area contributed by atoms with Gasteiger partial charge < -0.3 is 15.1 Å². The van der Waals surface area contributed by atoms with Gasteiger partial charge in [-0.05, 0) is 62.9 Å². The van der Waals surface area contributed by atoms with E-state index >= 15 is 0 Å². The lowest BCUT2D eigenvalue weighted by Gasteiger charge is -2.40. The lowest BCUT2D eigenvalue weighted by atomic mass is 9.98. The summed E-state index contributed by atoms with van der Waals surface area (Å²) in [5.74, 6) is -0.193. The molecule has 29 heavy (non-hydrogen) atoms. The maximum atomic E-state index is 13.7. The van der Waals surface area contributed by atoms with Crippen LogP contribution in [0.3, 0.4) is 0 Å². The molecule has 160 valence electrons. The van der Waals surface area contributed by atoms with Crippen LogP contribution in [0.2, 0.25) is 0 Å². The molecule has 0 radical (unpaired) electrons. The van der Waals surface area contributed by atoms with Crippen LogP contribution in [0.15, 0.2) is 35.0 Å². The van der Waals surface area contributed by atoms with E-state index in [1.54, 1.807) is 48.3 Å². The van der Waals surface area contributed by atoms with Crippen molar-refractivity contribution >= 4 is 34.7 Å². The summed E-state index contributed by atoms with van der Waals surface area (Å²) in [4.78, 5) is 30.9. The van der Waals surface area contributed by atoms with Gasteiger partial charge in [-0.2, -0.15) is 0 Å². The van der Waals surface area contributed by atoms with E-state index in [9.17, 15) is 14.7 Å². The van der Waals surface area contributed by atoms with E-state index in [4.69, 9.17) is 5.11 Å². The Morgan fingerprint density at radius 3 is 1.97 bits per heavy atom. The minimum atomic E-state index is -1.10. The Kier molecular flexibility index (Phi) is 8.67. The SMILES string of the molecule is CC(C)(C)N(C(=O)O)[C@@H](CCCCO)C(=O)N(Cc1cccs1)Cc1cccs1. The molecule has 0 saturated heterocycles. The van der Waals surface area contributed by atoms with E-state index in [-0.39, 0.29) is 12.5 Å². The summed E-state index contributed by atoms with van der Waals surface area (Å²) in [6.07, 6.45) is 0.400. The number of unbranched alkanes of at least 4 members (excludes halogenated alkanes) is 1. The molecule has 2 N–H and O–H groups in total. The Morgan fingerprint density at radius 1 is 1.03 bits per heavy atom. The van der Waals surface area contributed by atoms with Gasteiger partial charge >= 0.3 is 6.09 Å². The van der Waals surface area contributed by atoms with Crippen molar-refractivity contribution in [3.8, 4) is 0 Å². The molecular weight excluding hydrogens is 408 g/mol. The standard InChI is InChI=1S/C21H30N2O4S2/c1-21(2,3)23(20(26)27)18(10-4-5-11-24)19(25)22(14-16-8-6-12-28-16)15-17-9-7-13-29-17/h6-9,12-13,18,24H,4-5,10-11,14-15H2,1-3H3,(H,26,27)/t18-/m0/s1. The number of hydrogen-bond donors (Lipinski definition) is 2. The normalized spacial score (nSPS) is 12.6. The molecule has 0 aromatic carbocycles. The number of aliphatic hydroxyl groups excluding tert-OH is 1. The summed E-state index contributed by atoms with van der Waals surface area (Å²) in [5, 5.41) is 23.0. The van der Waals surface area contributed by atoms with Crippen molar-refractivity contribution in [3.05, 3.63) is 44.8 Å². The Hall–Kier alpha value is -1.90. The number of hydrogen-bond acceptors (Lipinski definition) is 5. The molecule has 0 bridgehead atoms. The lowest BCUT2D eigenvalue weighted by Crippen LogP contribution is -2.57. The first-order chi connectivity index (χ1) is 13.7. The van der Waals surface area contributed by atoms with E-state index in [2.05, 4.69) is 0 Å². The average Bonchev–Trinajstić information content (AvgIpc) is 3.32. The molecule has 1 atom stereocenters. The highest BCUT2D eigenvalue weighted by Gasteiger charge is 2.39. The van der Waals surface area contributed by atoms with Crippen LogP contribution >= 0.6 is 22.7 Å². The van der Waals surface area contributed by atoms with Crippen molar-refractivity contribution in [2.24, 2.45) is 0 Å². The first kappa shape index (κ1) is 23.4. The number of aliphatic hydroxyl groups is 1. The van der Waals surface area contributed by atoms with E-state index in [0.717, 1.165) is 9.75 Å². The third-order valence-corrected chi connectivity index (χ3v) is 6.30. The van der Waals surface area contributed by atoms with Crippen LogP contribution in [-0.2, 0) is 17.9 Å². The molecule has 2 rings (SSSR count). The molecule has 0 aliphatic rings. The van der Waals surface area contributed by atoms with Crippen LogP contribution in [0.5, 0.6) is 0 Å². The van der Waals surface area contributed by atoms with E-state index in [1.807, 2.05) is 35.0 Å². The highest BCUT2D eigenvalue weighted by atomic mass is 32.1.